The molecule has 3 aliphatic carbocycles. The van der Waals surface area contributed by atoms with E-state index in [9.17, 15) is 18.6 Å². The largest absolute Gasteiger partial charge is 0.496 e. The number of rotatable bonds is 9. The second-order valence-electron chi connectivity index (χ2n) is 13.0. The Morgan fingerprint density at radius 3 is 2.68 bits per heavy atom. The zero-order chi connectivity index (χ0) is 33.3. The van der Waals surface area contributed by atoms with Crippen LogP contribution in [0.4, 0.5) is 0 Å². The van der Waals surface area contributed by atoms with Gasteiger partial charge in [0, 0.05) is 36.5 Å². The minimum absolute atomic E-state index is 0.116. The van der Waals surface area contributed by atoms with E-state index in [0.717, 1.165) is 43.1 Å². The Bertz CT molecular complexity index is 1600. The molecule has 2 heterocycles. The van der Waals surface area contributed by atoms with Crippen molar-refractivity contribution in [1.29, 1.82) is 0 Å². The molecule has 254 valence electrons. The number of ether oxygens (including phenoxy) is 3. The summed E-state index contributed by atoms with van der Waals surface area (Å²) >= 11 is -2.00. The standard InChI is InChI=1S/C34H44N4O8S/c1-5-44-29-18-28(24-13-14-27(43-4)20(2)30(24)35-29)45-23-16-25-26(17-23)32(40)38(3)15-9-7-6-8-10-21-19-34(21,36-31(25)39)33(41)37-47(42)46-22-11-12-22/h8,10,13-14,18,21-23,25-26H,5-7,9,11-12,15-17,19H2,1-4H3,(H,36,39)(H,37,41)/b10-8-/t21-,23-,25-,26-,34-,47?/m1/s1. The van der Waals surface area contributed by atoms with E-state index < -0.39 is 46.6 Å². The number of pyridine rings is 1. The number of amides is 3. The molecule has 6 atom stereocenters. The first-order valence-corrected chi connectivity index (χ1v) is 17.6. The average molecular weight is 669 g/mol. The molecule has 47 heavy (non-hydrogen) atoms. The van der Waals surface area contributed by atoms with E-state index in [2.05, 4.69) is 15.0 Å². The summed E-state index contributed by atoms with van der Waals surface area (Å²) in [5.41, 5.74) is 0.259. The van der Waals surface area contributed by atoms with E-state index in [1.165, 1.54) is 0 Å². The Morgan fingerprint density at radius 1 is 1.15 bits per heavy atom. The topological polar surface area (TPSA) is 145 Å². The molecule has 13 heteroatoms. The predicted molar refractivity (Wildman–Crippen MR) is 175 cm³/mol. The van der Waals surface area contributed by atoms with Crippen molar-refractivity contribution < 1.29 is 37.0 Å². The van der Waals surface area contributed by atoms with Gasteiger partial charge in [0.2, 0.25) is 17.7 Å². The predicted octanol–water partition coefficient (Wildman–Crippen LogP) is 3.67. The molecule has 0 spiro atoms. The molecule has 1 aromatic heterocycles. The van der Waals surface area contributed by atoms with Crippen LogP contribution in [0.5, 0.6) is 17.4 Å². The van der Waals surface area contributed by atoms with Crippen molar-refractivity contribution in [2.45, 2.75) is 83.0 Å². The van der Waals surface area contributed by atoms with Gasteiger partial charge in [-0.05, 0) is 77.3 Å². The molecule has 0 saturated heterocycles. The monoisotopic (exact) mass is 668 g/mol. The summed E-state index contributed by atoms with van der Waals surface area (Å²) in [5.74, 6) is -1.06. The fourth-order valence-corrected chi connectivity index (χ4v) is 7.59. The van der Waals surface area contributed by atoms with Crippen LogP contribution in [0.25, 0.3) is 10.9 Å². The molecule has 1 aromatic carbocycles. The lowest BCUT2D eigenvalue weighted by Crippen LogP contribution is -2.53. The van der Waals surface area contributed by atoms with Gasteiger partial charge in [0.25, 0.3) is 17.2 Å². The summed E-state index contributed by atoms with van der Waals surface area (Å²) in [6.07, 6.45) is 8.47. The highest BCUT2D eigenvalue weighted by Crippen LogP contribution is 2.47. The maximum atomic E-state index is 14.1. The van der Waals surface area contributed by atoms with Crippen LogP contribution in [-0.4, -0.2) is 76.9 Å². The Labute approximate surface area is 277 Å². The first-order valence-electron chi connectivity index (χ1n) is 16.5. The van der Waals surface area contributed by atoms with Crippen molar-refractivity contribution in [2.75, 3.05) is 27.3 Å². The van der Waals surface area contributed by atoms with Crippen LogP contribution in [0.2, 0.25) is 0 Å². The van der Waals surface area contributed by atoms with Gasteiger partial charge >= 0.3 is 0 Å². The Balaban J connectivity index is 1.28. The number of aryl methyl sites for hydroxylation is 1. The minimum Gasteiger partial charge on any atom is -0.496 e. The summed E-state index contributed by atoms with van der Waals surface area (Å²) in [4.78, 5) is 47.9. The van der Waals surface area contributed by atoms with E-state index in [1.807, 2.05) is 38.1 Å². The number of carbonyl (C=O) groups is 3. The molecule has 0 radical (unpaired) electrons. The van der Waals surface area contributed by atoms with Gasteiger partial charge < -0.3 is 24.4 Å². The second kappa shape index (κ2) is 13.8. The molecular weight excluding hydrogens is 624 g/mol. The molecule has 4 aliphatic rings. The van der Waals surface area contributed by atoms with Crippen molar-refractivity contribution >= 4 is 39.9 Å². The van der Waals surface area contributed by atoms with Crippen LogP contribution in [-0.2, 0) is 29.8 Å². The number of fused-ring (bicyclic) bond motifs is 3. The summed E-state index contributed by atoms with van der Waals surface area (Å²) < 4.78 is 38.2. The number of hydrogen-bond donors (Lipinski definition) is 2. The molecule has 1 unspecified atom stereocenters. The third kappa shape index (κ3) is 7.11. The van der Waals surface area contributed by atoms with Crippen LogP contribution >= 0.6 is 0 Å². The van der Waals surface area contributed by atoms with Crippen LogP contribution in [0.15, 0.2) is 30.4 Å². The van der Waals surface area contributed by atoms with E-state index in [1.54, 1.807) is 25.1 Å². The van der Waals surface area contributed by atoms with Crippen LogP contribution < -0.4 is 24.2 Å². The molecule has 6 rings (SSSR count). The van der Waals surface area contributed by atoms with E-state index in [-0.39, 0.29) is 24.3 Å². The summed E-state index contributed by atoms with van der Waals surface area (Å²) in [7, 11) is 3.38. The molecule has 1 aliphatic heterocycles. The number of allylic oxidation sites excluding steroid dienone is 1. The fourth-order valence-electron chi connectivity index (χ4n) is 6.77. The Hall–Kier alpha value is -3.71. The number of benzene rings is 1. The van der Waals surface area contributed by atoms with Gasteiger partial charge in [-0.3, -0.25) is 18.6 Å². The SMILES string of the molecule is CCOc1cc(O[C@@H]2C[C@H]3C(=O)N[C@]4(C(=O)NS(=O)OC5CC5)C[C@H]4/C=C\CCCCN(C)C(=O)[C@@H]3C2)c2ccc(OC)c(C)c2n1. The lowest BCUT2D eigenvalue weighted by molar-refractivity contribution is -0.140. The highest BCUT2D eigenvalue weighted by atomic mass is 32.2. The number of nitrogens with one attached hydrogen (secondary N) is 2. The summed E-state index contributed by atoms with van der Waals surface area (Å²) in [5, 5.41) is 3.77. The van der Waals surface area contributed by atoms with E-state index in [0.29, 0.717) is 48.9 Å². The van der Waals surface area contributed by atoms with Crippen molar-refractivity contribution in [1.82, 2.24) is 19.9 Å². The third-order valence-electron chi connectivity index (χ3n) is 9.65. The highest BCUT2D eigenvalue weighted by molar-refractivity contribution is 7.78. The van der Waals surface area contributed by atoms with Crippen molar-refractivity contribution in [3.8, 4) is 17.4 Å². The fraction of sp³-hybridized carbons (Fsp3) is 0.588. The molecule has 0 bridgehead atoms. The molecule has 3 saturated carbocycles. The van der Waals surface area contributed by atoms with Crippen LogP contribution in [0.3, 0.4) is 0 Å². The second-order valence-corrected chi connectivity index (χ2v) is 13.9. The summed E-state index contributed by atoms with van der Waals surface area (Å²) in [6.45, 7) is 4.80. The first kappa shape index (κ1) is 33.2. The van der Waals surface area contributed by atoms with Crippen LogP contribution in [0, 0.1) is 24.7 Å². The minimum atomic E-state index is -2.00. The Kier molecular flexibility index (Phi) is 9.75. The van der Waals surface area contributed by atoms with Crippen molar-refractivity contribution in [3.05, 3.63) is 35.9 Å². The molecule has 3 fully saturated rings. The van der Waals surface area contributed by atoms with Crippen molar-refractivity contribution in [2.24, 2.45) is 17.8 Å². The summed E-state index contributed by atoms with van der Waals surface area (Å²) in [6, 6.07) is 5.49. The number of methoxy groups -OCH3 is 1. The van der Waals surface area contributed by atoms with Gasteiger partial charge in [-0.2, -0.15) is 0 Å². The van der Waals surface area contributed by atoms with Gasteiger partial charge in [0.15, 0.2) is 0 Å². The van der Waals surface area contributed by atoms with Gasteiger partial charge in [0.1, 0.15) is 23.1 Å². The molecule has 12 nitrogen and oxygen atoms in total. The quantitative estimate of drug-likeness (QED) is 0.383. The maximum absolute atomic E-state index is 14.1. The molecule has 2 N–H and O–H groups in total. The zero-order valence-electron chi connectivity index (χ0n) is 27.4. The average Bonchev–Trinajstić information content (AvgIpc) is 3.95. The maximum Gasteiger partial charge on any atom is 0.264 e. The molecular formula is C34H44N4O8S. The normalized spacial score (nSPS) is 29.1. The molecule has 3 amide bonds. The first-order chi connectivity index (χ1) is 22.6. The lowest BCUT2D eigenvalue weighted by Gasteiger charge is -2.26. The number of carbonyl (C=O) groups excluding carboxylic acids is 3. The Morgan fingerprint density at radius 2 is 1.94 bits per heavy atom. The smallest absolute Gasteiger partial charge is 0.264 e. The van der Waals surface area contributed by atoms with Crippen molar-refractivity contribution in [3.63, 3.8) is 0 Å². The number of nitrogens with zero attached hydrogens (tertiary/aromatic N) is 2. The van der Waals surface area contributed by atoms with Gasteiger partial charge in [0.05, 0.1) is 37.2 Å². The van der Waals surface area contributed by atoms with Gasteiger partial charge in [-0.1, -0.05) is 12.2 Å². The number of hydrogen-bond acceptors (Lipinski definition) is 9. The van der Waals surface area contributed by atoms with Gasteiger partial charge in [-0.25, -0.2) is 13.9 Å². The number of aromatic nitrogens is 1. The van der Waals surface area contributed by atoms with E-state index >= 15 is 0 Å². The van der Waals surface area contributed by atoms with Gasteiger partial charge in [-0.15, -0.1) is 0 Å². The highest BCUT2D eigenvalue weighted by Gasteiger charge is 2.61. The van der Waals surface area contributed by atoms with Crippen LogP contribution in [0.1, 0.15) is 63.9 Å². The zero-order valence-corrected chi connectivity index (χ0v) is 28.2. The van der Waals surface area contributed by atoms with E-state index in [4.69, 9.17) is 18.4 Å². The molecule has 2 aromatic rings. The lowest BCUT2D eigenvalue weighted by atomic mass is 9.93. The third-order valence-corrected chi connectivity index (χ3v) is 10.5.